The molecule has 0 atom stereocenters. The average molecular weight is 270 g/mol. The van der Waals surface area contributed by atoms with Gasteiger partial charge in [-0.3, -0.25) is 5.32 Å². The molecule has 19 heavy (non-hydrogen) atoms. The van der Waals surface area contributed by atoms with Crippen LogP contribution in [0.15, 0.2) is 54.6 Å². The number of rotatable bonds is 2. The zero-order valence-corrected chi connectivity index (χ0v) is 11.3. The van der Waals surface area contributed by atoms with Crippen molar-refractivity contribution in [3.05, 3.63) is 65.7 Å². The van der Waals surface area contributed by atoms with E-state index in [-0.39, 0.29) is 6.03 Å². The topological polar surface area (TPSA) is 41.1 Å². The molecule has 0 aliphatic carbocycles. The van der Waals surface area contributed by atoms with E-state index < -0.39 is 0 Å². The van der Waals surface area contributed by atoms with Crippen LogP contribution in [0.2, 0.25) is 0 Å². The summed E-state index contributed by atoms with van der Waals surface area (Å²) in [6.45, 7) is 2.00. The molecular formula is C15H14N2OS. The van der Waals surface area contributed by atoms with Crippen LogP contribution >= 0.6 is 12.2 Å². The van der Waals surface area contributed by atoms with Crippen LogP contribution in [-0.4, -0.2) is 11.0 Å². The third-order valence-electron chi connectivity index (χ3n) is 2.57. The SMILES string of the molecule is Cc1ccc(C(=S)NC(=O)Nc2ccccc2)cc1. The average Bonchev–Trinajstić information content (AvgIpc) is 2.40. The molecule has 2 aromatic rings. The first-order valence-corrected chi connectivity index (χ1v) is 6.30. The van der Waals surface area contributed by atoms with E-state index in [1.807, 2.05) is 61.5 Å². The summed E-state index contributed by atoms with van der Waals surface area (Å²) in [5.41, 5.74) is 2.70. The summed E-state index contributed by atoms with van der Waals surface area (Å²) in [4.78, 5) is 12.2. The first-order valence-electron chi connectivity index (χ1n) is 5.89. The molecule has 2 aromatic carbocycles. The highest BCUT2D eigenvalue weighted by atomic mass is 32.1. The number of hydrogen-bond donors (Lipinski definition) is 2. The van der Waals surface area contributed by atoms with Crippen LogP contribution in [-0.2, 0) is 0 Å². The number of amides is 2. The van der Waals surface area contributed by atoms with Gasteiger partial charge < -0.3 is 5.32 Å². The monoisotopic (exact) mass is 270 g/mol. The largest absolute Gasteiger partial charge is 0.324 e. The Balaban J connectivity index is 1.95. The molecule has 3 nitrogen and oxygen atoms in total. The lowest BCUT2D eigenvalue weighted by Crippen LogP contribution is -2.33. The van der Waals surface area contributed by atoms with Gasteiger partial charge in [-0.25, -0.2) is 4.79 Å². The maximum Gasteiger partial charge on any atom is 0.324 e. The minimum Gasteiger partial charge on any atom is -0.308 e. The van der Waals surface area contributed by atoms with Crippen molar-refractivity contribution < 1.29 is 4.79 Å². The van der Waals surface area contributed by atoms with Crippen molar-refractivity contribution in [3.63, 3.8) is 0 Å². The second kappa shape index (κ2) is 6.11. The molecule has 4 heteroatoms. The number of nitrogens with one attached hydrogen (secondary N) is 2. The Labute approximate surface area is 117 Å². The number of benzene rings is 2. The maximum absolute atomic E-state index is 11.8. The van der Waals surface area contributed by atoms with E-state index in [0.29, 0.717) is 4.99 Å². The van der Waals surface area contributed by atoms with Crippen LogP contribution in [0.3, 0.4) is 0 Å². The quantitative estimate of drug-likeness (QED) is 0.820. The number of urea groups is 1. The van der Waals surface area contributed by atoms with Gasteiger partial charge in [0.05, 0.1) is 0 Å². The molecule has 0 radical (unpaired) electrons. The van der Waals surface area contributed by atoms with Crippen LogP contribution in [0.4, 0.5) is 10.5 Å². The van der Waals surface area contributed by atoms with Crippen LogP contribution in [0.25, 0.3) is 0 Å². The van der Waals surface area contributed by atoms with Gasteiger partial charge in [0.25, 0.3) is 0 Å². The molecule has 2 rings (SSSR count). The summed E-state index contributed by atoms with van der Waals surface area (Å²) < 4.78 is 0. The summed E-state index contributed by atoms with van der Waals surface area (Å²) in [6.07, 6.45) is 0. The van der Waals surface area contributed by atoms with Crippen LogP contribution < -0.4 is 10.6 Å². The Morgan fingerprint density at radius 1 is 1.00 bits per heavy atom. The Morgan fingerprint density at radius 3 is 2.26 bits per heavy atom. The molecule has 0 spiro atoms. The zero-order valence-electron chi connectivity index (χ0n) is 10.5. The third-order valence-corrected chi connectivity index (χ3v) is 2.91. The van der Waals surface area contributed by atoms with E-state index in [4.69, 9.17) is 12.2 Å². The normalized spacial score (nSPS) is 9.74. The van der Waals surface area contributed by atoms with Crippen molar-refractivity contribution in [2.24, 2.45) is 0 Å². The van der Waals surface area contributed by atoms with E-state index in [1.165, 1.54) is 0 Å². The van der Waals surface area contributed by atoms with Gasteiger partial charge in [0.15, 0.2) is 0 Å². The summed E-state index contributed by atoms with van der Waals surface area (Å²) >= 11 is 5.18. The molecule has 0 saturated heterocycles. The molecule has 0 aliphatic heterocycles. The van der Waals surface area contributed by atoms with Crippen molar-refractivity contribution in [3.8, 4) is 0 Å². The standard InChI is InChI=1S/C15H14N2OS/c1-11-7-9-12(10-8-11)14(19)17-15(18)16-13-5-3-2-4-6-13/h2-10H,1H3,(H2,16,17,18,19). The molecule has 0 aliphatic rings. The lowest BCUT2D eigenvalue weighted by molar-refractivity contribution is 0.256. The predicted octanol–water partition coefficient (Wildman–Crippen LogP) is 3.49. The molecule has 2 N–H and O–H groups in total. The summed E-state index contributed by atoms with van der Waals surface area (Å²) in [7, 11) is 0. The maximum atomic E-state index is 11.8. The Morgan fingerprint density at radius 2 is 1.63 bits per heavy atom. The summed E-state index contributed by atoms with van der Waals surface area (Å²) in [5.74, 6) is 0. The molecule has 0 saturated carbocycles. The molecule has 0 heterocycles. The summed E-state index contributed by atoms with van der Waals surface area (Å²) in [6, 6.07) is 16.6. The lowest BCUT2D eigenvalue weighted by Gasteiger charge is -2.08. The van der Waals surface area contributed by atoms with Gasteiger partial charge in [0.1, 0.15) is 4.99 Å². The Kier molecular flexibility index (Phi) is 4.26. The van der Waals surface area contributed by atoms with E-state index >= 15 is 0 Å². The van der Waals surface area contributed by atoms with Gasteiger partial charge >= 0.3 is 6.03 Å². The van der Waals surface area contributed by atoms with Crippen LogP contribution in [0.1, 0.15) is 11.1 Å². The number of para-hydroxylation sites is 1. The van der Waals surface area contributed by atoms with Gasteiger partial charge in [-0.05, 0) is 19.1 Å². The van der Waals surface area contributed by atoms with E-state index in [0.717, 1.165) is 16.8 Å². The molecule has 0 bridgehead atoms. The second-order valence-corrected chi connectivity index (χ2v) is 4.55. The van der Waals surface area contributed by atoms with Gasteiger partial charge in [0, 0.05) is 11.3 Å². The predicted molar refractivity (Wildman–Crippen MR) is 81.5 cm³/mol. The van der Waals surface area contributed by atoms with Crippen molar-refractivity contribution in [2.45, 2.75) is 6.92 Å². The molecule has 2 amide bonds. The highest BCUT2D eigenvalue weighted by molar-refractivity contribution is 7.80. The first kappa shape index (κ1) is 13.2. The molecule has 0 fully saturated rings. The van der Waals surface area contributed by atoms with E-state index in [1.54, 1.807) is 0 Å². The van der Waals surface area contributed by atoms with Gasteiger partial charge in [0.2, 0.25) is 0 Å². The Hall–Kier alpha value is -2.20. The van der Waals surface area contributed by atoms with Crippen molar-refractivity contribution in [1.29, 1.82) is 0 Å². The van der Waals surface area contributed by atoms with Crippen molar-refractivity contribution in [1.82, 2.24) is 5.32 Å². The van der Waals surface area contributed by atoms with Gasteiger partial charge in [-0.1, -0.05) is 60.2 Å². The fraction of sp³-hybridized carbons (Fsp3) is 0.0667. The zero-order chi connectivity index (χ0) is 13.7. The number of carbonyl (C=O) groups is 1. The fourth-order valence-corrected chi connectivity index (χ4v) is 1.79. The second-order valence-electron chi connectivity index (χ2n) is 4.14. The highest BCUT2D eigenvalue weighted by Crippen LogP contribution is 2.06. The Bertz CT molecular complexity index is 579. The number of hydrogen-bond acceptors (Lipinski definition) is 2. The third kappa shape index (κ3) is 3.89. The number of thiocarbonyl (C=S) groups is 1. The van der Waals surface area contributed by atoms with Gasteiger partial charge in [-0.2, -0.15) is 0 Å². The lowest BCUT2D eigenvalue weighted by atomic mass is 10.1. The van der Waals surface area contributed by atoms with E-state index in [2.05, 4.69) is 10.6 Å². The van der Waals surface area contributed by atoms with Gasteiger partial charge in [-0.15, -0.1) is 0 Å². The minimum absolute atomic E-state index is 0.336. The van der Waals surface area contributed by atoms with E-state index in [9.17, 15) is 4.79 Å². The molecule has 96 valence electrons. The minimum atomic E-state index is -0.336. The fourth-order valence-electron chi connectivity index (χ4n) is 1.56. The number of aryl methyl sites for hydroxylation is 1. The smallest absolute Gasteiger partial charge is 0.308 e. The number of anilines is 1. The summed E-state index contributed by atoms with van der Waals surface area (Å²) in [5, 5.41) is 5.36. The van der Waals surface area contributed by atoms with Crippen molar-refractivity contribution >= 4 is 28.9 Å². The van der Waals surface area contributed by atoms with Crippen LogP contribution in [0.5, 0.6) is 0 Å². The number of carbonyl (C=O) groups excluding carboxylic acids is 1. The highest BCUT2D eigenvalue weighted by Gasteiger charge is 2.06. The molecule has 0 unspecified atom stereocenters. The molecule has 0 aromatic heterocycles. The molecular weight excluding hydrogens is 256 g/mol. The van der Waals surface area contributed by atoms with Crippen LogP contribution in [0, 0.1) is 6.92 Å². The van der Waals surface area contributed by atoms with Crippen molar-refractivity contribution in [2.75, 3.05) is 5.32 Å². The first-order chi connectivity index (χ1) is 9.15.